The van der Waals surface area contributed by atoms with Gasteiger partial charge in [0.05, 0.1) is 0 Å². The number of likely N-dealkylation sites (N-methyl/N-ethyl adjacent to an activating group) is 2. The van der Waals surface area contributed by atoms with Crippen LogP contribution in [0.25, 0.3) is 0 Å². The molecule has 1 atom stereocenters. The maximum atomic E-state index is 12.5. The monoisotopic (exact) mass is 299 g/mol. The summed E-state index contributed by atoms with van der Waals surface area (Å²) in [6.07, 6.45) is 2.28. The van der Waals surface area contributed by atoms with Crippen LogP contribution in [0.3, 0.4) is 0 Å². The zero-order chi connectivity index (χ0) is 16.0. The Labute approximate surface area is 127 Å². The molecule has 1 unspecified atom stereocenters. The van der Waals surface area contributed by atoms with Gasteiger partial charge in [-0.2, -0.15) is 0 Å². The molecule has 1 fully saturated rings. The minimum Gasteiger partial charge on any atom is -0.480 e. The van der Waals surface area contributed by atoms with Crippen molar-refractivity contribution in [1.29, 1.82) is 0 Å². The summed E-state index contributed by atoms with van der Waals surface area (Å²) in [4.78, 5) is 28.9. The highest BCUT2D eigenvalue weighted by Gasteiger charge is 2.28. The Morgan fingerprint density at radius 1 is 1.38 bits per heavy atom. The number of hydrogen-bond donors (Lipinski definition) is 1. The fourth-order valence-corrected chi connectivity index (χ4v) is 2.97. The summed E-state index contributed by atoms with van der Waals surface area (Å²) < 4.78 is 0. The molecule has 122 valence electrons. The highest BCUT2D eigenvalue weighted by Crippen LogP contribution is 2.17. The first kappa shape index (κ1) is 17.8. The predicted molar refractivity (Wildman–Crippen MR) is 82.3 cm³/mol. The zero-order valence-electron chi connectivity index (χ0n) is 13.7. The summed E-state index contributed by atoms with van der Waals surface area (Å²) in [5.74, 6) is -0.714. The lowest BCUT2D eigenvalue weighted by Crippen LogP contribution is -2.49. The van der Waals surface area contributed by atoms with Crippen LogP contribution in [-0.4, -0.2) is 77.6 Å². The van der Waals surface area contributed by atoms with Gasteiger partial charge in [-0.1, -0.05) is 20.8 Å². The minimum absolute atomic E-state index is 0.186. The van der Waals surface area contributed by atoms with Crippen molar-refractivity contribution >= 4 is 12.0 Å². The number of nitrogens with zero attached hydrogens (tertiary/aromatic N) is 3. The molecule has 6 nitrogen and oxygen atoms in total. The Hall–Kier alpha value is -1.30. The smallest absolute Gasteiger partial charge is 0.323 e. The Bertz CT molecular complexity index is 360. The van der Waals surface area contributed by atoms with Gasteiger partial charge in [0.25, 0.3) is 0 Å². The first-order valence-electron chi connectivity index (χ1n) is 7.81. The van der Waals surface area contributed by atoms with Gasteiger partial charge in [-0.15, -0.1) is 0 Å². The second-order valence-electron chi connectivity index (χ2n) is 6.26. The first-order valence-corrected chi connectivity index (χ1v) is 7.81. The van der Waals surface area contributed by atoms with E-state index in [1.54, 1.807) is 11.9 Å². The molecule has 1 N–H and O–H groups in total. The molecule has 0 aromatic carbocycles. The molecule has 21 heavy (non-hydrogen) atoms. The Kier molecular flexibility index (Phi) is 6.95. The zero-order valence-corrected chi connectivity index (χ0v) is 13.7. The molecule has 6 heteroatoms. The normalized spacial score (nSPS) is 19.0. The van der Waals surface area contributed by atoms with Crippen LogP contribution >= 0.6 is 0 Å². The molecule has 0 spiro atoms. The molecule has 2 amide bonds. The van der Waals surface area contributed by atoms with Gasteiger partial charge >= 0.3 is 12.0 Å². The second kappa shape index (κ2) is 8.22. The highest BCUT2D eigenvalue weighted by atomic mass is 16.4. The van der Waals surface area contributed by atoms with Crippen LogP contribution in [-0.2, 0) is 4.79 Å². The van der Waals surface area contributed by atoms with E-state index in [0.717, 1.165) is 19.5 Å². The van der Waals surface area contributed by atoms with E-state index in [9.17, 15) is 9.59 Å². The third-order valence-electron chi connectivity index (χ3n) is 3.90. The quantitative estimate of drug-likeness (QED) is 0.775. The number of rotatable bonds is 7. The average molecular weight is 299 g/mol. The van der Waals surface area contributed by atoms with Gasteiger partial charge in [0.15, 0.2) is 0 Å². The lowest BCUT2D eigenvalue weighted by molar-refractivity contribution is -0.137. The minimum atomic E-state index is -0.964. The Morgan fingerprint density at radius 2 is 2.05 bits per heavy atom. The van der Waals surface area contributed by atoms with Gasteiger partial charge in [0, 0.05) is 26.2 Å². The van der Waals surface area contributed by atoms with E-state index in [-0.39, 0.29) is 18.5 Å². The number of aliphatic carboxylic acids is 1. The summed E-state index contributed by atoms with van der Waals surface area (Å²) in [5, 5.41) is 8.97. The number of carbonyl (C=O) groups excluding carboxylic acids is 1. The van der Waals surface area contributed by atoms with Crippen LogP contribution in [0.5, 0.6) is 0 Å². The largest absolute Gasteiger partial charge is 0.480 e. The topological polar surface area (TPSA) is 64.1 Å². The van der Waals surface area contributed by atoms with E-state index < -0.39 is 5.97 Å². The third-order valence-corrected chi connectivity index (χ3v) is 3.90. The van der Waals surface area contributed by atoms with Crippen molar-refractivity contribution in [2.75, 3.05) is 39.8 Å². The van der Waals surface area contributed by atoms with Crippen LogP contribution < -0.4 is 0 Å². The maximum absolute atomic E-state index is 12.5. The number of carbonyl (C=O) groups is 2. The molecular weight excluding hydrogens is 270 g/mol. The fourth-order valence-electron chi connectivity index (χ4n) is 2.97. The lowest BCUT2D eigenvalue weighted by Gasteiger charge is -2.32. The predicted octanol–water partition coefficient (Wildman–Crippen LogP) is 1.57. The van der Waals surface area contributed by atoms with Crippen molar-refractivity contribution < 1.29 is 14.7 Å². The van der Waals surface area contributed by atoms with Crippen molar-refractivity contribution in [3.05, 3.63) is 0 Å². The first-order chi connectivity index (χ1) is 9.85. The van der Waals surface area contributed by atoms with Crippen LogP contribution in [0.1, 0.15) is 33.6 Å². The number of likely N-dealkylation sites (tertiary alicyclic amines) is 1. The van der Waals surface area contributed by atoms with E-state index in [0.29, 0.717) is 19.1 Å². The number of urea groups is 1. The van der Waals surface area contributed by atoms with E-state index in [4.69, 9.17) is 5.11 Å². The van der Waals surface area contributed by atoms with Crippen molar-refractivity contribution in [2.45, 2.75) is 39.7 Å². The molecular formula is C15H29N3O3. The van der Waals surface area contributed by atoms with Crippen molar-refractivity contribution in [3.63, 3.8) is 0 Å². The van der Waals surface area contributed by atoms with E-state index in [1.165, 1.54) is 11.3 Å². The van der Waals surface area contributed by atoms with Gasteiger partial charge in [0.1, 0.15) is 6.54 Å². The van der Waals surface area contributed by atoms with Crippen LogP contribution in [0.4, 0.5) is 4.79 Å². The lowest BCUT2D eigenvalue weighted by atomic mass is 10.2. The van der Waals surface area contributed by atoms with Crippen molar-refractivity contribution in [3.8, 4) is 0 Å². The molecule has 1 rings (SSSR count). The molecule has 0 bridgehead atoms. The molecule has 0 aliphatic carbocycles. The molecule has 0 saturated carbocycles. The van der Waals surface area contributed by atoms with Gasteiger partial charge in [-0.3, -0.25) is 9.69 Å². The molecule has 1 aliphatic rings. The van der Waals surface area contributed by atoms with Gasteiger partial charge in [-0.05, 0) is 31.8 Å². The summed E-state index contributed by atoms with van der Waals surface area (Å²) in [5.41, 5.74) is 0. The van der Waals surface area contributed by atoms with Crippen LogP contribution in [0.15, 0.2) is 0 Å². The van der Waals surface area contributed by atoms with Gasteiger partial charge < -0.3 is 14.9 Å². The molecule has 0 aromatic rings. The van der Waals surface area contributed by atoms with Gasteiger partial charge in [-0.25, -0.2) is 4.79 Å². The summed E-state index contributed by atoms with van der Waals surface area (Å²) in [6, 6.07) is 0.212. The molecule has 0 radical (unpaired) electrons. The van der Waals surface area contributed by atoms with Gasteiger partial charge in [0.2, 0.25) is 0 Å². The second-order valence-corrected chi connectivity index (χ2v) is 6.26. The van der Waals surface area contributed by atoms with E-state index in [1.807, 2.05) is 13.8 Å². The Morgan fingerprint density at radius 3 is 2.57 bits per heavy atom. The summed E-state index contributed by atoms with van der Waals surface area (Å²) in [7, 11) is 1.77. The maximum Gasteiger partial charge on any atom is 0.323 e. The molecule has 0 aromatic heterocycles. The number of carboxylic acids is 1. The number of amides is 2. The Balaban J connectivity index is 2.62. The summed E-state index contributed by atoms with van der Waals surface area (Å²) in [6.45, 7) is 9.10. The highest BCUT2D eigenvalue weighted by molar-refractivity contribution is 5.80. The summed E-state index contributed by atoms with van der Waals surface area (Å²) >= 11 is 0. The van der Waals surface area contributed by atoms with Crippen LogP contribution in [0, 0.1) is 5.92 Å². The van der Waals surface area contributed by atoms with Crippen LogP contribution in [0.2, 0.25) is 0 Å². The number of carboxylic acid groups (broad SMARTS) is 1. The number of hydrogen-bond acceptors (Lipinski definition) is 3. The fraction of sp³-hybridized carbons (Fsp3) is 0.867. The van der Waals surface area contributed by atoms with Crippen molar-refractivity contribution in [1.82, 2.24) is 14.7 Å². The SMILES string of the molecule is CCN1CCCC1CN(C)C(=O)N(CC(=O)O)CC(C)C. The van der Waals surface area contributed by atoms with Crippen molar-refractivity contribution in [2.24, 2.45) is 5.92 Å². The average Bonchev–Trinajstić information content (AvgIpc) is 2.83. The molecule has 1 aliphatic heterocycles. The molecule has 1 saturated heterocycles. The molecule has 1 heterocycles. The van der Waals surface area contributed by atoms with E-state index >= 15 is 0 Å². The third kappa shape index (κ3) is 5.53. The van der Waals surface area contributed by atoms with E-state index in [2.05, 4.69) is 11.8 Å². The standard InChI is InChI=1S/C15H29N3O3/c1-5-17-8-6-7-13(17)10-16(4)15(21)18(9-12(2)3)11-14(19)20/h12-13H,5-11H2,1-4H3,(H,19,20).